The number of benzene rings is 3. The van der Waals surface area contributed by atoms with Gasteiger partial charge in [0.25, 0.3) is 10.0 Å². The lowest BCUT2D eigenvalue weighted by Gasteiger charge is -2.32. The average Bonchev–Trinajstić information content (AvgIpc) is 2.87. The van der Waals surface area contributed by atoms with Crippen molar-refractivity contribution in [1.82, 2.24) is 10.2 Å². The molecule has 3 rings (SSSR count). The van der Waals surface area contributed by atoms with Crippen molar-refractivity contribution in [3.8, 4) is 0 Å². The van der Waals surface area contributed by atoms with E-state index >= 15 is 0 Å². The van der Waals surface area contributed by atoms with Crippen molar-refractivity contribution >= 4 is 62.3 Å². The van der Waals surface area contributed by atoms with Crippen LogP contribution in [0.15, 0.2) is 77.7 Å². The van der Waals surface area contributed by atoms with Crippen LogP contribution in [0.3, 0.4) is 0 Å². The Morgan fingerprint density at radius 3 is 2.05 bits per heavy atom. The molecule has 7 nitrogen and oxygen atoms in total. The number of hydrogen-bond donors (Lipinski definition) is 1. The molecular weight excluding hydrogens is 569 g/mol. The summed E-state index contributed by atoms with van der Waals surface area (Å²) in [6.45, 7) is 4.66. The molecule has 0 saturated heterocycles. The Labute approximate surface area is 238 Å². The second-order valence-electron chi connectivity index (χ2n) is 8.91. The van der Waals surface area contributed by atoms with Crippen molar-refractivity contribution in [2.75, 3.05) is 10.8 Å². The van der Waals surface area contributed by atoms with E-state index in [-0.39, 0.29) is 34.1 Å². The lowest BCUT2D eigenvalue weighted by atomic mass is 10.1. The first-order valence-corrected chi connectivity index (χ1v) is 14.3. The minimum absolute atomic E-state index is 0.0198. The zero-order valence-electron chi connectivity index (χ0n) is 21.1. The van der Waals surface area contributed by atoms with Gasteiger partial charge in [-0.25, -0.2) is 8.42 Å². The van der Waals surface area contributed by atoms with Gasteiger partial charge in [-0.15, -0.1) is 0 Å². The highest BCUT2D eigenvalue weighted by Gasteiger charge is 2.33. The van der Waals surface area contributed by atoms with Crippen LogP contribution in [-0.4, -0.2) is 43.8 Å². The van der Waals surface area contributed by atoms with Crippen LogP contribution in [0.5, 0.6) is 0 Å². The van der Waals surface area contributed by atoms with Gasteiger partial charge < -0.3 is 10.2 Å². The van der Waals surface area contributed by atoms with Gasteiger partial charge >= 0.3 is 0 Å². The highest BCUT2D eigenvalue weighted by Crippen LogP contribution is 2.33. The summed E-state index contributed by atoms with van der Waals surface area (Å²) >= 11 is 18.5. The van der Waals surface area contributed by atoms with E-state index in [1.807, 2.05) is 13.8 Å². The summed E-state index contributed by atoms with van der Waals surface area (Å²) in [6.07, 6.45) is 0. The van der Waals surface area contributed by atoms with Crippen LogP contribution in [0.25, 0.3) is 0 Å². The first-order valence-electron chi connectivity index (χ1n) is 11.8. The number of carbonyl (C=O) groups is 2. The molecule has 38 heavy (non-hydrogen) atoms. The van der Waals surface area contributed by atoms with Crippen LogP contribution < -0.4 is 9.62 Å². The Morgan fingerprint density at radius 1 is 0.868 bits per heavy atom. The third-order valence-corrected chi connectivity index (χ3v) is 8.22. The fraction of sp³-hybridized carbons (Fsp3) is 0.259. The molecule has 3 aromatic rings. The maximum absolute atomic E-state index is 13.8. The molecule has 0 fully saturated rings. The van der Waals surface area contributed by atoms with Gasteiger partial charge in [0.2, 0.25) is 11.8 Å². The third kappa shape index (κ3) is 7.41. The number of halogens is 3. The summed E-state index contributed by atoms with van der Waals surface area (Å²) in [5, 5.41) is 3.70. The number of amides is 2. The van der Waals surface area contributed by atoms with Crippen LogP contribution in [0.2, 0.25) is 15.1 Å². The van der Waals surface area contributed by atoms with Crippen LogP contribution in [-0.2, 0) is 26.2 Å². The summed E-state index contributed by atoms with van der Waals surface area (Å²) < 4.78 is 28.4. The summed E-state index contributed by atoms with van der Waals surface area (Å²) in [7, 11) is -4.22. The van der Waals surface area contributed by atoms with Crippen molar-refractivity contribution in [2.45, 2.75) is 44.3 Å². The summed E-state index contributed by atoms with van der Waals surface area (Å²) in [4.78, 5) is 28.1. The van der Waals surface area contributed by atoms with E-state index in [2.05, 4.69) is 5.32 Å². The van der Waals surface area contributed by atoms with Crippen molar-refractivity contribution in [3.63, 3.8) is 0 Å². The first kappa shape index (κ1) is 29.8. The predicted molar refractivity (Wildman–Crippen MR) is 152 cm³/mol. The van der Waals surface area contributed by atoms with E-state index in [4.69, 9.17) is 34.8 Å². The highest BCUT2D eigenvalue weighted by molar-refractivity contribution is 7.92. The Balaban J connectivity index is 2.05. The van der Waals surface area contributed by atoms with E-state index < -0.39 is 28.5 Å². The molecule has 0 saturated carbocycles. The summed E-state index contributed by atoms with van der Waals surface area (Å²) in [5.74, 6) is -0.971. The van der Waals surface area contributed by atoms with Crippen molar-refractivity contribution in [1.29, 1.82) is 0 Å². The van der Waals surface area contributed by atoms with E-state index in [0.717, 1.165) is 4.31 Å². The smallest absolute Gasteiger partial charge is 0.264 e. The number of nitrogens with zero attached hydrogens (tertiary/aromatic N) is 2. The zero-order valence-corrected chi connectivity index (χ0v) is 24.2. The van der Waals surface area contributed by atoms with Gasteiger partial charge in [-0.2, -0.15) is 0 Å². The molecule has 0 aliphatic rings. The molecule has 0 spiro atoms. The predicted octanol–water partition coefficient (Wildman–Crippen LogP) is 5.78. The topological polar surface area (TPSA) is 86.8 Å². The third-order valence-electron chi connectivity index (χ3n) is 5.65. The molecule has 0 aromatic heterocycles. The first-order chi connectivity index (χ1) is 17.9. The van der Waals surface area contributed by atoms with Crippen LogP contribution in [0, 0.1) is 0 Å². The maximum atomic E-state index is 13.8. The molecule has 1 atom stereocenters. The quantitative estimate of drug-likeness (QED) is 0.321. The maximum Gasteiger partial charge on any atom is 0.264 e. The van der Waals surface area contributed by atoms with E-state index in [9.17, 15) is 18.0 Å². The monoisotopic (exact) mass is 595 g/mol. The summed E-state index contributed by atoms with van der Waals surface area (Å²) in [5.41, 5.74) is 0.799. The van der Waals surface area contributed by atoms with E-state index in [1.54, 1.807) is 49.4 Å². The van der Waals surface area contributed by atoms with E-state index in [0.29, 0.717) is 15.6 Å². The van der Waals surface area contributed by atoms with Crippen molar-refractivity contribution in [2.24, 2.45) is 0 Å². The minimum atomic E-state index is -4.22. The Kier molecular flexibility index (Phi) is 10.1. The van der Waals surface area contributed by atoms with Gasteiger partial charge in [-0.05, 0) is 68.8 Å². The molecule has 3 aromatic carbocycles. The lowest BCUT2D eigenvalue weighted by Crippen LogP contribution is -2.52. The molecule has 0 radical (unpaired) electrons. The molecule has 0 unspecified atom stereocenters. The number of rotatable bonds is 10. The minimum Gasteiger partial charge on any atom is -0.352 e. The van der Waals surface area contributed by atoms with Gasteiger partial charge in [-0.1, -0.05) is 65.1 Å². The average molecular weight is 597 g/mol. The fourth-order valence-electron chi connectivity index (χ4n) is 3.69. The molecule has 1 N–H and O–H groups in total. The number of carbonyl (C=O) groups excluding carboxylic acids is 2. The van der Waals surface area contributed by atoms with Gasteiger partial charge in [0.05, 0.1) is 15.6 Å². The molecule has 0 aliphatic carbocycles. The largest absolute Gasteiger partial charge is 0.352 e. The molecule has 0 aliphatic heterocycles. The Bertz CT molecular complexity index is 1380. The van der Waals surface area contributed by atoms with Crippen molar-refractivity contribution in [3.05, 3.63) is 93.4 Å². The molecule has 0 bridgehead atoms. The molecule has 2 amide bonds. The lowest BCUT2D eigenvalue weighted by molar-refractivity contribution is -0.139. The SMILES string of the molecule is CC(C)NC(=O)[C@H](C)N(Cc1ccc(Cl)cc1)C(=O)CN(c1ccc(Cl)cc1Cl)S(=O)(=O)c1ccccc1. The van der Waals surface area contributed by atoms with Gasteiger partial charge in [0.1, 0.15) is 12.6 Å². The molecule has 0 heterocycles. The number of sulfonamides is 1. The number of nitrogens with one attached hydrogen (secondary N) is 1. The normalized spacial score (nSPS) is 12.2. The van der Waals surface area contributed by atoms with Crippen LogP contribution in [0.1, 0.15) is 26.3 Å². The number of hydrogen-bond acceptors (Lipinski definition) is 4. The van der Waals surface area contributed by atoms with Gasteiger partial charge in [0.15, 0.2) is 0 Å². The van der Waals surface area contributed by atoms with Crippen LogP contribution >= 0.6 is 34.8 Å². The molecule has 11 heteroatoms. The summed E-state index contributed by atoms with van der Waals surface area (Å²) in [6, 6.07) is 17.8. The van der Waals surface area contributed by atoms with Crippen LogP contribution in [0.4, 0.5) is 5.69 Å². The standard InChI is InChI=1S/C27H28Cl3N3O4S/c1-18(2)31-27(35)19(3)32(16-20-9-11-21(28)12-10-20)26(34)17-33(25-14-13-22(29)15-24(25)30)38(36,37)23-7-5-4-6-8-23/h4-15,18-19H,16-17H2,1-3H3,(H,31,35)/t19-/m0/s1. The second-order valence-corrected chi connectivity index (χ2v) is 12.1. The Hall–Kier alpha value is -2.78. The van der Waals surface area contributed by atoms with E-state index in [1.165, 1.54) is 35.2 Å². The Morgan fingerprint density at radius 2 is 1.47 bits per heavy atom. The fourth-order valence-corrected chi connectivity index (χ4v) is 5.83. The zero-order chi connectivity index (χ0) is 28.0. The second kappa shape index (κ2) is 12.8. The van der Waals surface area contributed by atoms with Gasteiger partial charge in [0, 0.05) is 22.6 Å². The molecule has 202 valence electrons. The van der Waals surface area contributed by atoms with Crippen molar-refractivity contribution < 1.29 is 18.0 Å². The molecular formula is C27H28Cl3N3O4S. The van der Waals surface area contributed by atoms with Gasteiger partial charge in [-0.3, -0.25) is 13.9 Å². The highest BCUT2D eigenvalue weighted by atomic mass is 35.5. The number of anilines is 1.